The summed E-state index contributed by atoms with van der Waals surface area (Å²) in [6.45, 7) is 12.9. The molecule has 3 aromatic carbocycles. The maximum Gasteiger partial charge on any atom is 0.410 e. The number of likely N-dealkylation sites (tertiary alicyclic amines) is 1. The Kier molecular flexibility index (Phi) is 14.9. The van der Waals surface area contributed by atoms with Crippen molar-refractivity contribution in [2.45, 2.75) is 110 Å². The van der Waals surface area contributed by atoms with Gasteiger partial charge >= 0.3 is 12.2 Å². The maximum atomic E-state index is 14.0. The zero-order chi connectivity index (χ0) is 44.4. The average molecular weight is 848 g/mol. The molecule has 0 unspecified atom stereocenters. The molecule has 1 saturated heterocycles. The molecule has 1 aliphatic carbocycles. The Morgan fingerprint density at radius 1 is 0.774 bits per heavy atom. The van der Waals surface area contributed by atoms with Crippen LogP contribution >= 0.6 is 0 Å². The molecule has 1 atom stereocenters. The van der Waals surface area contributed by atoms with Crippen molar-refractivity contribution in [1.29, 1.82) is 0 Å². The first-order valence-corrected chi connectivity index (χ1v) is 21.8. The molecule has 14 heteroatoms. The number of ether oxygens (including phenoxy) is 2. The van der Waals surface area contributed by atoms with Crippen molar-refractivity contribution in [3.05, 3.63) is 89.5 Å². The molecule has 2 aliphatic heterocycles. The number of alkyl carbamates (subject to hydrolysis) is 1. The molecule has 3 aromatic rings. The number of ketones is 1. The summed E-state index contributed by atoms with van der Waals surface area (Å²) in [7, 11) is 0. The van der Waals surface area contributed by atoms with E-state index < -0.39 is 23.2 Å². The summed E-state index contributed by atoms with van der Waals surface area (Å²) >= 11 is 0. The Morgan fingerprint density at radius 2 is 1.44 bits per heavy atom. The fraction of sp³-hybridized carbons (Fsp3) is 0.500. The van der Waals surface area contributed by atoms with Crippen LogP contribution in [0, 0.1) is 17.8 Å². The highest BCUT2D eigenvalue weighted by Crippen LogP contribution is 2.32. The molecule has 2 heterocycles. The van der Waals surface area contributed by atoms with E-state index in [9.17, 15) is 24.0 Å². The number of benzene rings is 3. The fourth-order valence-corrected chi connectivity index (χ4v) is 7.98. The summed E-state index contributed by atoms with van der Waals surface area (Å²) in [6.07, 6.45) is 3.99. The minimum atomic E-state index is -0.615. The first kappa shape index (κ1) is 45.6. The fourth-order valence-electron chi connectivity index (χ4n) is 7.98. The highest BCUT2D eigenvalue weighted by Gasteiger charge is 2.32. The molecule has 3 aliphatic rings. The third-order valence-corrected chi connectivity index (χ3v) is 11.3. The van der Waals surface area contributed by atoms with Crippen molar-refractivity contribution >= 4 is 41.3 Å². The predicted molar refractivity (Wildman–Crippen MR) is 238 cm³/mol. The second-order valence-electron chi connectivity index (χ2n) is 18.6. The minimum Gasteiger partial charge on any atom is -0.444 e. The smallest absolute Gasteiger partial charge is 0.410 e. The van der Waals surface area contributed by atoms with Gasteiger partial charge in [-0.15, -0.1) is 5.11 Å². The van der Waals surface area contributed by atoms with Gasteiger partial charge in [0.1, 0.15) is 17.0 Å². The number of aliphatic imine (C=N–C) groups is 1. The molecule has 1 saturated carbocycles. The van der Waals surface area contributed by atoms with Crippen LogP contribution in [0.1, 0.15) is 108 Å². The number of carbonyl (C=O) groups is 5. The monoisotopic (exact) mass is 847 g/mol. The number of azo groups is 1. The number of nitrogens with one attached hydrogen (secondary N) is 3. The van der Waals surface area contributed by atoms with Crippen LogP contribution in [-0.4, -0.2) is 84.1 Å². The van der Waals surface area contributed by atoms with Crippen LogP contribution in [-0.2, 0) is 25.5 Å². The Balaban J connectivity index is 1.07. The summed E-state index contributed by atoms with van der Waals surface area (Å²) in [5.41, 5.74) is 3.51. The highest BCUT2D eigenvalue weighted by atomic mass is 16.6. The third kappa shape index (κ3) is 13.5. The van der Waals surface area contributed by atoms with E-state index in [2.05, 4.69) is 31.2 Å². The number of amides is 4. The number of anilines is 1. The quantitative estimate of drug-likeness (QED) is 0.154. The summed E-state index contributed by atoms with van der Waals surface area (Å²) in [4.78, 5) is 71.8. The molecule has 0 spiro atoms. The maximum absolute atomic E-state index is 14.0. The van der Waals surface area contributed by atoms with Gasteiger partial charge in [-0.1, -0.05) is 36.4 Å². The van der Waals surface area contributed by atoms with Crippen LogP contribution in [0.5, 0.6) is 0 Å². The standard InChI is InChI=1S/C48H61N7O7/c1-47(2,3)61-45(59)49-29-32-12-16-34(17-13-32)41(56)28-38(44(58)52-39-20-18-35(19-21-39)42-50-30-51-54-42)26-31-10-14-33(15-11-31)36-8-7-9-37(27-36)43(57)53-40-22-24-55(25-23-40)46(60)62-48(4,5)6/h7-11,14-15,18-21,27,32,34,38,40H,12-13,16-17,22-26,28-30H2,1-6H3,(H,49,59)(H,52,58)(H,53,57)/t32?,34?,38-/m1/s1. The van der Waals surface area contributed by atoms with E-state index in [4.69, 9.17) is 9.47 Å². The number of nitrogens with zero attached hydrogens (tertiary/aromatic N) is 4. The van der Waals surface area contributed by atoms with E-state index in [0.717, 1.165) is 35.1 Å². The van der Waals surface area contributed by atoms with Gasteiger partial charge in [0, 0.05) is 60.7 Å². The number of carbonyl (C=O) groups excluding carboxylic acids is 5. The number of amidine groups is 1. The number of rotatable bonds is 13. The number of Topliss-reactive ketones (excluding diaryl/α,β-unsaturated/α-hetero) is 1. The van der Waals surface area contributed by atoms with Crippen molar-refractivity contribution in [3.63, 3.8) is 0 Å². The van der Waals surface area contributed by atoms with Crippen LogP contribution < -0.4 is 16.0 Å². The molecule has 0 bridgehead atoms. The van der Waals surface area contributed by atoms with E-state index in [-0.39, 0.29) is 48.0 Å². The summed E-state index contributed by atoms with van der Waals surface area (Å²) in [5, 5.41) is 17.0. The molecule has 6 rings (SSSR count). The lowest BCUT2D eigenvalue weighted by Gasteiger charge is -2.33. The molecule has 3 N–H and O–H groups in total. The predicted octanol–water partition coefficient (Wildman–Crippen LogP) is 8.74. The lowest BCUT2D eigenvalue weighted by molar-refractivity contribution is -0.129. The van der Waals surface area contributed by atoms with Crippen molar-refractivity contribution in [1.82, 2.24) is 15.5 Å². The topological polar surface area (TPSA) is 180 Å². The number of hydrogen-bond acceptors (Lipinski definition) is 10. The van der Waals surface area contributed by atoms with Gasteiger partial charge in [0.05, 0.1) is 0 Å². The highest BCUT2D eigenvalue weighted by molar-refractivity contribution is 6.01. The van der Waals surface area contributed by atoms with E-state index in [1.54, 1.807) is 23.1 Å². The molecule has 4 amide bonds. The van der Waals surface area contributed by atoms with Gasteiger partial charge in [-0.3, -0.25) is 14.4 Å². The second kappa shape index (κ2) is 20.3. The Labute approximate surface area is 364 Å². The van der Waals surface area contributed by atoms with E-state index in [1.807, 2.05) is 96.1 Å². The molecule has 0 aromatic heterocycles. The molecule has 14 nitrogen and oxygen atoms in total. The molecule has 62 heavy (non-hydrogen) atoms. The summed E-state index contributed by atoms with van der Waals surface area (Å²) < 4.78 is 10.9. The Morgan fingerprint density at radius 3 is 2.06 bits per heavy atom. The van der Waals surface area contributed by atoms with Crippen molar-refractivity contribution in [3.8, 4) is 11.1 Å². The van der Waals surface area contributed by atoms with Gasteiger partial charge in [0.25, 0.3) is 5.91 Å². The summed E-state index contributed by atoms with van der Waals surface area (Å²) in [6, 6.07) is 22.6. The van der Waals surface area contributed by atoms with E-state index in [0.29, 0.717) is 75.5 Å². The van der Waals surface area contributed by atoms with E-state index >= 15 is 0 Å². The van der Waals surface area contributed by atoms with Crippen molar-refractivity contribution < 1.29 is 33.4 Å². The van der Waals surface area contributed by atoms with Crippen molar-refractivity contribution in [2.75, 3.05) is 31.6 Å². The largest absolute Gasteiger partial charge is 0.444 e. The lowest BCUT2D eigenvalue weighted by Crippen LogP contribution is -2.47. The van der Waals surface area contributed by atoms with Gasteiger partial charge in [-0.25, -0.2) is 14.6 Å². The van der Waals surface area contributed by atoms with Crippen LogP contribution in [0.4, 0.5) is 15.3 Å². The zero-order valence-electron chi connectivity index (χ0n) is 36.9. The van der Waals surface area contributed by atoms with Gasteiger partial charge < -0.3 is 30.3 Å². The normalized spacial score (nSPS) is 18.6. The Bertz CT molecular complexity index is 2120. The number of piperidine rings is 1. The third-order valence-electron chi connectivity index (χ3n) is 11.3. The molecular formula is C48H61N7O7. The van der Waals surface area contributed by atoms with Crippen molar-refractivity contribution in [2.24, 2.45) is 33.0 Å². The Hall–Kier alpha value is -5.92. The second-order valence-corrected chi connectivity index (χ2v) is 18.6. The van der Waals surface area contributed by atoms with E-state index in [1.165, 1.54) is 0 Å². The summed E-state index contributed by atoms with van der Waals surface area (Å²) in [5.74, 6) is -0.294. The minimum absolute atomic E-state index is 0.0530. The molecular weight excluding hydrogens is 787 g/mol. The number of hydrogen-bond donors (Lipinski definition) is 3. The van der Waals surface area contributed by atoms with Gasteiger partial charge in [-0.05, 0) is 145 Å². The van der Waals surface area contributed by atoms with Crippen LogP contribution in [0.25, 0.3) is 11.1 Å². The van der Waals surface area contributed by atoms with Gasteiger partial charge in [-0.2, -0.15) is 5.11 Å². The van der Waals surface area contributed by atoms with Crippen LogP contribution in [0.3, 0.4) is 0 Å². The first-order chi connectivity index (χ1) is 29.5. The molecule has 2 fully saturated rings. The van der Waals surface area contributed by atoms with Crippen LogP contribution in [0.2, 0.25) is 0 Å². The SMILES string of the molecule is CC(C)(C)OC(=O)NCC1CCC(C(=O)C[C@@H](Cc2ccc(-c3cccc(C(=O)NC4CCN(C(=O)OC(C)(C)C)CC4)c3)cc2)C(=O)Nc2ccc(C3=NCN=N3)cc2)CC1. The molecule has 330 valence electrons. The molecule has 0 radical (unpaired) electrons. The lowest BCUT2D eigenvalue weighted by atomic mass is 9.77. The van der Waals surface area contributed by atoms with Gasteiger partial charge in [0.2, 0.25) is 5.91 Å². The van der Waals surface area contributed by atoms with Gasteiger partial charge in [0.15, 0.2) is 12.5 Å². The first-order valence-electron chi connectivity index (χ1n) is 21.8. The van der Waals surface area contributed by atoms with Crippen LogP contribution in [0.15, 0.2) is 88.0 Å². The zero-order valence-corrected chi connectivity index (χ0v) is 36.9. The average Bonchev–Trinajstić information content (AvgIpc) is 3.78.